The number of aromatic nitrogens is 6. The highest BCUT2D eigenvalue weighted by Gasteiger charge is 2.17. The van der Waals surface area contributed by atoms with E-state index in [0.29, 0.717) is 40.6 Å². The Kier molecular flexibility index (Phi) is 5.78. The van der Waals surface area contributed by atoms with E-state index < -0.39 is 0 Å². The number of ether oxygens (including phenoxy) is 1. The largest absolute Gasteiger partial charge is 0.487 e. The van der Waals surface area contributed by atoms with Gasteiger partial charge in [-0.3, -0.25) is 15.1 Å². The van der Waals surface area contributed by atoms with Crippen LogP contribution in [0.3, 0.4) is 0 Å². The molecule has 0 aliphatic rings. The number of pyridine rings is 2. The van der Waals surface area contributed by atoms with Gasteiger partial charge in [0.05, 0.1) is 22.9 Å². The quantitative estimate of drug-likeness (QED) is 0.238. The van der Waals surface area contributed by atoms with Gasteiger partial charge in [-0.05, 0) is 66.1 Å². The molecule has 0 fully saturated rings. The molecular weight excluding hydrogens is 503 g/mol. The van der Waals surface area contributed by atoms with Gasteiger partial charge in [-0.1, -0.05) is 36.4 Å². The number of nitrogens with zero attached hydrogens (tertiary/aromatic N) is 4. The van der Waals surface area contributed by atoms with E-state index in [4.69, 9.17) is 9.72 Å². The van der Waals surface area contributed by atoms with Gasteiger partial charge in [0.2, 0.25) is 0 Å². The van der Waals surface area contributed by atoms with Crippen molar-refractivity contribution in [1.29, 1.82) is 0 Å². The maximum Gasteiger partial charge on any atom is 0.159 e. The molecule has 0 unspecified atom stereocenters. The van der Waals surface area contributed by atoms with Gasteiger partial charge >= 0.3 is 0 Å². The van der Waals surface area contributed by atoms with E-state index in [2.05, 4.69) is 31.2 Å². The standard InChI is InChI=1S/C32H23FN6O/c1-19-11-22(13-24(33)12-19)29-31-28(9-10-35-29)36-32(37-31)30-26-15-21(7-8-27(26)38-39-30)23-14-25(17-34-16-23)40-18-20-5-3-2-4-6-20/h2-17H,18H2,1H3,(H,36,37)(H,38,39). The van der Waals surface area contributed by atoms with Crippen molar-refractivity contribution in [3.05, 3.63) is 114 Å². The van der Waals surface area contributed by atoms with Crippen molar-refractivity contribution in [3.63, 3.8) is 0 Å². The van der Waals surface area contributed by atoms with E-state index in [0.717, 1.165) is 38.7 Å². The van der Waals surface area contributed by atoms with E-state index in [1.165, 1.54) is 12.1 Å². The Balaban J connectivity index is 1.25. The zero-order chi connectivity index (χ0) is 27.1. The summed E-state index contributed by atoms with van der Waals surface area (Å²) >= 11 is 0. The smallest absolute Gasteiger partial charge is 0.159 e. The monoisotopic (exact) mass is 526 g/mol. The van der Waals surface area contributed by atoms with E-state index in [1.54, 1.807) is 12.4 Å². The molecule has 0 radical (unpaired) electrons. The molecule has 0 amide bonds. The summed E-state index contributed by atoms with van der Waals surface area (Å²) in [6, 6.07) is 24.8. The molecule has 0 saturated heterocycles. The molecule has 8 heteroatoms. The summed E-state index contributed by atoms with van der Waals surface area (Å²) < 4.78 is 20.1. The first-order chi connectivity index (χ1) is 19.6. The molecular formula is C32H23FN6O. The maximum absolute atomic E-state index is 14.2. The topological polar surface area (TPSA) is 92.4 Å². The second-order valence-electron chi connectivity index (χ2n) is 9.67. The molecule has 194 valence electrons. The molecule has 0 atom stereocenters. The van der Waals surface area contributed by atoms with Gasteiger partial charge in [0.25, 0.3) is 0 Å². The van der Waals surface area contributed by atoms with Crippen LogP contribution in [0.25, 0.3) is 55.8 Å². The third-order valence-electron chi connectivity index (χ3n) is 6.80. The lowest BCUT2D eigenvalue weighted by Crippen LogP contribution is -1.95. The molecule has 0 aliphatic heterocycles. The number of rotatable bonds is 6. The normalized spacial score (nSPS) is 11.3. The number of fused-ring (bicyclic) bond motifs is 2. The lowest BCUT2D eigenvalue weighted by Gasteiger charge is -2.08. The maximum atomic E-state index is 14.2. The molecule has 0 saturated carbocycles. The third-order valence-corrected chi connectivity index (χ3v) is 6.80. The van der Waals surface area contributed by atoms with Crippen LogP contribution in [-0.2, 0) is 6.61 Å². The third kappa shape index (κ3) is 4.45. The summed E-state index contributed by atoms with van der Waals surface area (Å²) in [6.07, 6.45) is 5.23. The summed E-state index contributed by atoms with van der Waals surface area (Å²) in [5.74, 6) is 0.983. The lowest BCUT2D eigenvalue weighted by molar-refractivity contribution is 0.305. The SMILES string of the molecule is Cc1cc(F)cc(-c2nccc3[nH]c(-c4n[nH]c5ccc(-c6cncc(OCc7ccccc7)c6)cc45)nc23)c1. The van der Waals surface area contributed by atoms with Crippen LogP contribution in [0.1, 0.15) is 11.1 Å². The van der Waals surface area contributed by atoms with Gasteiger partial charge in [-0.15, -0.1) is 0 Å². The molecule has 7 rings (SSSR count). The van der Waals surface area contributed by atoms with Crippen molar-refractivity contribution in [2.45, 2.75) is 13.5 Å². The van der Waals surface area contributed by atoms with Crippen molar-refractivity contribution in [2.75, 3.05) is 0 Å². The van der Waals surface area contributed by atoms with Crippen molar-refractivity contribution in [3.8, 4) is 39.7 Å². The highest BCUT2D eigenvalue weighted by Crippen LogP contribution is 2.33. The van der Waals surface area contributed by atoms with Crippen molar-refractivity contribution >= 4 is 21.9 Å². The number of benzene rings is 3. The van der Waals surface area contributed by atoms with Crippen LogP contribution in [0.4, 0.5) is 4.39 Å². The minimum Gasteiger partial charge on any atom is -0.487 e. The molecule has 0 aliphatic carbocycles. The van der Waals surface area contributed by atoms with Gasteiger partial charge in [0.1, 0.15) is 29.4 Å². The average molecular weight is 527 g/mol. The van der Waals surface area contributed by atoms with Gasteiger partial charge in [-0.2, -0.15) is 5.10 Å². The second kappa shape index (κ2) is 9.74. The molecule has 0 spiro atoms. The van der Waals surface area contributed by atoms with Crippen LogP contribution in [0.15, 0.2) is 97.5 Å². The predicted octanol–water partition coefficient (Wildman–Crippen LogP) is 7.26. The molecule has 3 aromatic carbocycles. The minimum atomic E-state index is -0.306. The Morgan fingerprint density at radius 1 is 0.825 bits per heavy atom. The second-order valence-corrected chi connectivity index (χ2v) is 9.67. The number of nitrogens with one attached hydrogen (secondary N) is 2. The summed E-state index contributed by atoms with van der Waals surface area (Å²) in [4.78, 5) is 17.1. The van der Waals surface area contributed by atoms with Crippen LogP contribution in [-0.4, -0.2) is 30.1 Å². The zero-order valence-electron chi connectivity index (χ0n) is 21.5. The molecule has 40 heavy (non-hydrogen) atoms. The Morgan fingerprint density at radius 3 is 2.60 bits per heavy atom. The Hall–Kier alpha value is -5.37. The first kappa shape index (κ1) is 23.7. The Morgan fingerprint density at radius 2 is 1.73 bits per heavy atom. The summed E-state index contributed by atoms with van der Waals surface area (Å²) in [7, 11) is 0. The number of hydrogen-bond donors (Lipinski definition) is 2. The number of H-pyrrole nitrogens is 2. The van der Waals surface area contributed by atoms with Crippen molar-refractivity contribution in [1.82, 2.24) is 30.1 Å². The highest BCUT2D eigenvalue weighted by molar-refractivity contribution is 5.97. The van der Waals surface area contributed by atoms with Crippen LogP contribution < -0.4 is 4.74 Å². The summed E-state index contributed by atoms with van der Waals surface area (Å²) in [5, 5.41) is 8.58. The lowest BCUT2D eigenvalue weighted by atomic mass is 10.0. The van der Waals surface area contributed by atoms with E-state index in [1.807, 2.05) is 73.8 Å². The first-order valence-electron chi connectivity index (χ1n) is 12.8. The molecule has 4 aromatic heterocycles. The van der Waals surface area contributed by atoms with Gasteiger partial charge in [0, 0.05) is 28.9 Å². The van der Waals surface area contributed by atoms with Crippen LogP contribution >= 0.6 is 0 Å². The average Bonchev–Trinajstić information content (AvgIpc) is 3.60. The fourth-order valence-corrected chi connectivity index (χ4v) is 4.90. The van der Waals surface area contributed by atoms with Crippen molar-refractivity contribution in [2.24, 2.45) is 0 Å². The zero-order valence-corrected chi connectivity index (χ0v) is 21.5. The molecule has 2 N–H and O–H groups in total. The molecule has 7 aromatic rings. The molecule has 0 bridgehead atoms. The number of aryl methyl sites for hydroxylation is 1. The summed E-state index contributed by atoms with van der Waals surface area (Å²) in [6.45, 7) is 2.33. The van der Waals surface area contributed by atoms with E-state index in [9.17, 15) is 4.39 Å². The van der Waals surface area contributed by atoms with Gasteiger partial charge < -0.3 is 9.72 Å². The van der Waals surface area contributed by atoms with E-state index in [-0.39, 0.29) is 5.82 Å². The number of halogens is 1. The fourth-order valence-electron chi connectivity index (χ4n) is 4.90. The van der Waals surface area contributed by atoms with Gasteiger partial charge in [-0.25, -0.2) is 9.37 Å². The minimum absolute atomic E-state index is 0.306. The van der Waals surface area contributed by atoms with Crippen LogP contribution in [0.2, 0.25) is 0 Å². The number of hydrogen-bond acceptors (Lipinski definition) is 5. The highest BCUT2D eigenvalue weighted by atomic mass is 19.1. The number of imidazole rings is 1. The Bertz CT molecular complexity index is 1980. The summed E-state index contributed by atoms with van der Waals surface area (Å²) in [5.41, 5.74) is 8.11. The first-order valence-corrected chi connectivity index (χ1v) is 12.8. The number of aromatic amines is 2. The van der Waals surface area contributed by atoms with Crippen molar-refractivity contribution < 1.29 is 9.13 Å². The Labute approximate surface area is 228 Å². The molecule has 7 nitrogen and oxygen atoms in total. The van der Waals surface area contributed by atoms with Crippen LogP contribution in [0.5, 0.6) is 5.75 Å². The molecule has 4 heterocycles. The van der Waals surface area contributed by atoms with E-state index >= 15 is 0 Å². The predicted molar refractivity (Wildman–Crippen MR) is 153 cm³/mol. The van der Waals surface area contributed by atoms with Crippen LogP contribution in [0, 0.1) is 12.7 Å². The fraction of sp³-hybridized carbons (Fsp3) is 0.0625. The van der Waals surface area contributed by atoms with Gasteiger partial charge in [0.15, 0.2) is 5.82 Å².